The Hall–Kier alpha value is -6.30. The third kappa shape index (κ3) is 3.70. The van der Waals surface area contributed by atoms with Crippen LogP contribution in [0.3, 0.4) is 0 Å². The number of nitrogens with zero attached hydrogens (tertiary/aromatic N) is 4. The summed E-state index contributed by atoms with van der Waals surface area (Å²) in [6.45, 7) is 7.94. The molecule has 0 saturated heterocycles. The van der Waals surface area contributed by atoms with Crippen molar-refractivity contribution in [2.45, 2.75) is 0 Å². The van der Waals surface area contributed by atoms with E-state index < -0.39 is 0 Å². The van der Waals surface area contributed by atoms with Crippen LogP contribution in [0.15, 0.2) is 138 Å². The Bertz CT molecular complexity index is 2350. The van der Waals surface area contributed by atoms with E-state index in [-0.39, 0.29) is 0 Å². The number of furan rings is 1. The molecule has 0 amide bonds. The Morgan fingerprint density at radius 2 is 1.35 bits per heavy atom. The summed E-state index contributed by atoms with van der Waals surface area (Å²) >= 11 is 0. The molecule has 0 unspecified atom stereocenters. The number of rotatable bonds is 4. The van der Waals surface area contributed by atoms with Crippen LogP contribution in [0.2, 0.25) is 0 Å². The second-order valence-corrected chi connectivity index (χ2v) is 10.4. The van der Waals surface area contributed by atoms with Gasteiger partial charge in [0.25, 0.3) is 0 Å². The summed E-state index contributed by atoms with van der Waals surface area (Å²) in [6.07, 6.45) is 0. The van der Waals surface area contributed by atoms with Crippen LogP contribution in [0.25, 0.3) is 54.3 Å². The third-order valence-electron chi connectivity index (χ3n) is 8.02. The van der Waals surface area contributed by atoms with Crippen LogP contribution >= 0.6 is 0 Å². The van der Waals surface area contributed by atoms with Gasteiger partial charge >= 0.3 is 0 Å². The maximum Gasteiger partial charge on any atom is 0.211 e. The minimum absolute atomic E-state index is 0.418. The highest BCUT2D eigenvalue weighted by Gasteiger charge is 2.23. The van der Waals surface area contributed by atoms with Crippen molar-refractivity contribution in [1.82, 2.24) is 4.57 Å². The molecule has 5 nitrogen and oxygen atoms in total. The summed E-state index contributed by atoms with van der Waals surface area (Å²) in [5.41, 5.74) is 7.85. The second kappa shape index (κ2) is 9.66. The molecule has 0 N–H and O–H groups in total. The highest BCUT2D eigenvalue weighted by atomic mass is 16.3. The molecule has 0 spiro atoms. The van der Waals surface area contributed by atoms with Crippen LogP contribution in [-0.4, -0.2) is 4.57 Å². The molecule has 2 heterocycles. The summed E-state index contributed by atoms with van der Waals surface area (Å²) in [5.74, 6) is 0. The zero-order valence-electron chi connectivity index (χ0n) is 22.9. The van der Waals surface area contributed by atoms with Crippen LogP contribution < -0.4 is 4.90 Å². The first-order valence-corrected chi connectivity index (χ1v) is 14.0. The summed E-state index contributed by atoms with van der Waals surface area (Å²) in [5, 5.41) is 14.1. The average Bonchev–Trinajstić information content (AvgIpc) is 3.61. The van der Waals surface area contributed by atoms with E-state index in [0.29, 0.717) is 16.9 Å². The van der Waals surface area contributed by atoms with Crippen molar-refractivity contribution >= 4 is 66.5 Å². The fourth-order valence-corrected chi connectivity index (χ4v) is 6.20. The van der Waals surface area contributed by atoms with Gasteiger partial charge in [0.1, 0.15) is 11.2 Å². The van der Waals surface area contributed by atoms with Gasteiger partial charge in [-0.3, -0.25) is 0 Å². The summed E-state index contributed by atoms with van der Waals surface area (Å²) in [4.78, 5) is 6.05. The molecule has 8 rings (SSSR count). The Balaban J connectivity index is 1.53. The van der Waals surface area contributed by atoms with Crippen molar-refractivity contribution in [3.05, 3.63) is 150 Å². The molecule has 2 aromatic heterocycles. The van der Waals surface area contributed by atoms with Gasteiger partial charge in [-0.2, -0.15) is 5.26 Å². The lowest BCUT2D eigenvalue weighted by atomic mass is 10.1. The smallest absolute Gasteiger partial charge is 0.211 e. The third-order valence-corrected chi connectivity index (χ3v) is 8.02. The Morgan fingerprint density at radius 1 is 0.651 bits per heavy atom. The minimum Gasteiger partial charge on any atom is -0.455 e. The van der Waals surface area contributed by atoms with E-state index in [1.165, 1.54) is 0 Å². The Kier molecular flexibility index (Phi) is 5.50. The van der Waals surface area contributed by atoms with Crippen LogP contribution in [-0.2, 0) is 0 Å². The summed E-state index contributed by atoms with van der Waals surface area (Å²) < 4.78 is 8.60. The number of para-hydroxylation sites is 4. The molecule has 0 fully saturated rings. The lowest BCUT2D eigenvalue weighted by Crippen LogP contribution is -2.09. The van der Waals surface area contributed by atoms with E-state index in [0.717, 1.165) is 60.8 Å². The molecule has 5 heteroatoms. The number of fused-ring (bicyclic) bond motifs is 7. The number of anilines is 3. The number of hydrogen-bond donors (Lipinski definition) is 0. The highest BCUT2D eigenvalue weighted by molar-refractivity contribution is 6.24. The highest BCUT2D eigenvalue weighted by Crippen LogP contribution is 2.45. The van der Waals surface area contributed by atoms with Crippen molar-refractivity contribution in [3.63, 3.8) is 0 Å². The molecule has 8 aromatic rings. The maximum absolute atomic E-state index is 10.1. The fraction of sp³-hybridized carbons (Fsp3) is 0. The molecule has 0 aliphatic heterocycles. The SMILES string of the molecule is [C-]#[N+]c1cccc(C#N)c1-n1c2ccc(N(c3ccccc3)c3ccccc3)cc2c2c3oc4ccccc4c3ccc21. The molecule has 43 heavy (non-hydrogen) atoms. The number of hydrogen-bond acceptors (Lipinski definition) is 3. The predicted molar refractivity (Wildman–Crippen MR) is 174 cm³/mol. The fourth-order valence-electron chi connectivity index (χ4n) is 6.20. The second-order valence-electron chi connectivity index (χ2n) is 10.4. The van der Waals surface area contributed by atoms with Gasteiger partial charge in [-0.05, 0) is 66.7 Å². The van der Waals surface area contributed by atoms with Gasteiger partial charge in [-0.1, -0.05) is 66.7 Å². The van der Waals surface area contributed by atoms with Crippen molar-refractivity contribution in [1.29, 1.82) is 5.26 Å². The quantitative estimate of drug-likeness (QED) is 0.205. The predicted octanol–water partition coefficient (Wildman–Crippen LogP) is 10.6. The molecule has 0 saturated carbocycles. The van der Waals surface area contributed by atoms with Crippen LogP contribution in [0.1, 0.15) is 5.56 Å². The van der Waals surface area contributed by atoms with Crippen LogP contribution in [0.4, 0.5) is 22.7 Å². The topological polar surface area (TPSA) is 49.5 Å². The standard InChI is InChI=1S/C38H22N4O/c1-40-32-17-10-11-25(24-39)37(32)42-33-21-19-28(41(26-12-4-2-5-13-26)27-14-6-3-7-15-27)23-31(33)36-34(42)22-20-30-29-16-8-9-18-35(29)43-38(30)36/h2-23H. The zero-order valence-corrected chi connectivity index (χ0v) is 22.9. The lowest BCUT2D eigenvalue weighted by molar-refractivity contribution is 0.673. The largest absolute Gasteiger partial charge is 0.455 e. The van der Waals surface area contributed by atoms with E-state index in [2.05, 4.69) is 76.5 Å². The van der Waals surface area contributed by atoms with Crippen molar-refractivity contribution < 1.29 is 4.42 Å². The molecule has 0 radical (unpaired) electrons. The van der Waals surface area contributed by atoms with Gasteiger partial charge in [0, 0.05) is 33.2 Å². The monoisotopic (exact) mass is 550 g/mol. The van der Waals surface area contributed by atoms with Crippen LogP contribution in [0.5, 0.6) is 0 Å². The number of benzene rings is 6. The number of nitriles is 1. The summed E-state index contributed by atoms with van der Waals surface area (Å²) in [7, 11) is 0. The first kappa shape index (κ1) is 24.5. The van der Waals surface area contributed by atoms with E-state index in [4.69, 9.17) is 11.0 Å². The van der Waals surface area contributed by atoms with Crippen molar-refractivity contribution in [3.8, 4) is 11.8 Å². The number of aromatic nitrogens is 1. The Labute approximate surface area is 247 Å². The Morgan fingerprint density at radius 3 is 2.07 bits per heavy atom. The van der Waals surface area contributed by atoms with E-state index >= 15 is 0 Å². The zero-order chi connectivity index (χ0) is 28.9. The van der Waals surface area contributed by atoms with E-state index in [9.17, 15) is 5.26 Å². The molecular formula is C38H22N4O. The first-order valence-electron chi connectivity index (χ1n) is 14.0. The van der Waals surface area contributed by atoms with E-state index in [1.807, 2.05) is 59.2 Å². The van der Waals surface area contributed by atoms with Gasteiger partial charge in [-0.25, -0.2) is 4.85 Å². The summed E-state index contributed by atoms with van der Waals surface area (Å²) in [6, 6.07) is 46.8. The average molecular weight is 551 g/mol. The first-order chi connectivity index (χ1) is 21.3. The van der Waals surface area contributed by atoms with Gasteiger partial charge in [0.2, 0.25) is 5.69 Å². The molecule has 0 bridgehead atoms. The van der Waals surface area contributed by atoms with Crippen LogP contribution in [0, 0.1) is 17.9 Å². The van der Waals surface area contributed by atoms with Gasteiger partial charge in [-0.15, -0.1) is 0 Å². The molecule has 0 aliphatic carbocycles. The lowest BCUT2D eigenvalue weighted by Gasteiger charge is -2.25. The van der Waals surface area contributed by atoms with Crippen molar-refractivity contribution in [2.75, 3.05) is 4.90 Å². The van der Waals surface area contributed by atoms with Gasteiger partial charge < -0.3 is 13.9 Å². The minimum atomic E-state index is 0.418. The maximum atomic E-state index is 10.1. The van der Waals surface area contributed by atoms with Crippen molar-refractivity contribution in [2.24, 2.45) is 0 Å². The normalized spacial score (nSPS) is 11.2. The van der Waals surface area contributed by atoms with Gasteiger partial charge in [0.05, 0.1) is 40.3 Å². The molecular weight excluding hydrogens is 528 g/mol. The molecule has 0 atom stereocenters. The molecule has 6 aromatic carbocycles. The molecule has 0 aliphatic rings. The van der Waals surface area contributed by atoms with Gasteiger partial charge in [0.15, 0.2) is 0 Å². The van der Waals surface area contributed by atoms with E-state index in [1.54, 1.807) is 18.2 Å². The molecule has 200 valence electrons.